The lowest BCUT2D eigenvalue weighted by molar-refractivity contribution is -0.132. The third-order valence-corrected chi connectivity index (χ3v) is 5.90. The van der Waals surface area contributed by atoms with E-state index in [4.69, 9.17) is 4.74 Å². The second kappa shape index (κ2) is 7.77. The van der Waals surface area contributed by atoms with Gasteiger partial charge in [0.25, 0.3) is 5.56 Å². The molecule has 27 heavy (non-hydrogen) atoms. The molecule has 0 unspecified atom stereocenters. The summed E-state index contributed by atoms with van der Waals surface area (Å²) >= 11 is 0. The lowest BCUT2D eigenvalue weighted by Gasteiger charge is -2.41. The normalized spacial score (nSPS) is 26.7. The van der Waals surface area contributed by atoms with Gasteiger partial charge in [-0.3, -0.25) is 4.79 Å². The summed E-state index contributed by atoms with van der Waals surface area (Å²) in [5.41, 5.74) is 0.671. The van der Waals surface area contributed by atoms with Crippen LogP contribution in [0.4, 0.5) is 0 Å². The molecule has 0 bridgehead atoms. The molecule has 5 atom stereocenters. The molecule has 0 saturated carbocycles. The second-order valence-electron chi connectivity index (χ2n) is 7.92. The molecule has 1 saturated heterocycles. The Morgan fingerprint density at radius 2 is 1.89 bits per heavy atom. The molecule has 0 amide bonds. The van der Waals surface area contributed by atoms with Crippen molar-refractivity contribution in [2.75, 3.05) is 0 Å². The van der Waals surface area contributed by atoms with Gasteiger partial charge in [-0.25, -0.2) is 0 Å². The zero-order valence-corrected chi connectivity index (χ0v) is 16.4. The number of rotatable bonds is 4. The predicted molar refractivity (Wildman–Crippen MR) is 105 cm³/mol. The number of nitrogens with zero attached hydrogens (tertiary/aromatic N) is 1. The summed E-state index contributed by atoms with van der Waals surface area (Å²) < 4.78 is 6.93. The van der Waals surface area contributed by atoms with Gasteiger partial charge in [-0.1, -0.05) is 64.4 Å². The van der Waals surface area contributed by atoms with Gasteiger partial charge in [0.1, 0.15) is 5.75 Å². The zero-order valence-electron chi connectivity index (χ0n) is 16.4. The van der Waals surface area contributed by atoms with E-state index in [2.05, 4.69) is 20.8 Å². The number of pyridine rings is 1. The third-order valence-electron chi connectivity index (χ3n) is 5.90. The second-order valence-corrected chi connectivity index (χ2v) is 7.92. The van der Waals surface area contributed by atoms with E-state index < -0.39 is 11.7 Å². The first kappa shape index (κ1) is 19.5. The van der Waals surface area contributed by atoms with Crippen molar-refractivity contribution in [2.45, 2.75) is 52.7 Å². The van der Waals surface area contributed by atoms with E-state index in [-0.39, 0.29) is 23.3 Å². The Balaban J connectivity index is 2.10. The summed E-state index contributed by atoms with van der Waals surface area (Å²) in [7, 11) is 0. The summed E-state index contributed by atoms with van der Waals surface area (Å²) in [4.78, 5) is 12.7. The van der Waals surface area contributed by atoms with E-state index in [1.54, 1.807) is 0 Å². The molecule has 0 spiro atoms. The maximum absolute atomic E-state index is 12.7. The fraction of sp³-hybridized carbons (Fsp3) is 0.500. The quantitative estimate of drug-likeness (QED) is 0.770. The third kappa shape index (κ3) is 3.61. The summed E-state index contributed by atoms with van der Waals surface area (Å²) in [5, 5.41) is 21.2. The molecule has 1 aliphatic rings. The zero-order chi connectivity index (χ0) is 19.7. The smallest absolute Gasteiger partial charge is 0.292 e. The summed E-state index contributed by atoms with van der Waals surface area (Å²) in [6, 6.07) is 9.24. The van der Waals surface area contributed by atoms with Crippen LogP contribution in [-0.4, -0.2) is 21.1 Å². The SMILES string of the molecule is CC[C@H](C)[C@@H]1O[C@H](c2c(O)c(-c3ccccc3)cn(O)c2=O)[C@@H](C)C[C@@H]1C. The van der Waals surface area contributed by atoms with Gasteiger partial charge < -0.3 is 15.1 Å². The molecule has 1 fully saturated rings. The Hall–Kier alpha value is -2.27. The number of aromatic nitrogens is 1. The van der Waals surface area contributed by atoms with Crippen LogP contribution in [0.5, 0.6) is 5.75 Å². The maximum Gasteiger partial charge on any atom is 0.292 e. The topological polar surface area (TPSA) is 71.7 Å². The number of benzene rings is 1. The van der Waals surface area contributed by atoms with E-state index in [1.807, 2.05) is 37.3 Å². The fourth-order valence-corrected chi connectivity index (χ4v) is 4.26. The van der Waals surface area contributed by atoms with Crippen molar-refractivity contribution in [1.29, 1.82) is 0 Å². The van der Waals surface area contributed by atoms with Crippen LogP contribution in [-0.2, 0) is 4.74 Å². The molecule has 146 valence electrons. The van der Waals surface area contributed by atoms with E-state index >= 15 is 0 Å². The Labute approximate surface area is 160 Å². The van der Waals surface area contributed by atoms with Gasteiger partial charge in [0.05, 0.1) is 24.0 Å². The van der Waals surface area contributed by atoms with Gasteiger partial charge in [-0.15, -0.1) is 0 Å². The maximum atomic E-state index is 12.7. The van der Waals surface area contributed by atoms with Crippen molar-refractivity contribution in [3.05, 3.63) is 52.4 Å². The lowest BCUT2D eigenvalue weighted by atomic mass is 9.79. The van der Waals surface area contributed by atoms with Crippen molar-refractivity contribution >= 4 is 0 Å². The van der Waals surface area contributed by atoms with Gasteiger partial charge in [-0.05, 0) is 29.7 Å². The molecule has 0 aliphatic carbocycles. The van der Waals surface area contributed by atoms with E-state index in [1.165, 1.54) is 6.20 Å². The van der Waals surface area contributed by atoms with Crippen LogP contribution in [0.2, 0.25) is 0 Å². The van der Waals surface area contributed by atoms with Crippen LogP contribution in [0.1, 0.15) is 52.2 Å². The van der Waals surface area contributed by atoms with Crippen molar-refractivity contribution in [2.24, 2.45) is 17.8 Å². The molecule has 0 radical (unpaired) electrons. The minimum Gasteiger partial charge on any atom is -0.507 e. The molecule has 1 aromatic heterocycles. The van der Waals surface area contributed by atoms with Crippen molar-refractivity contribution in [3.8, 4) is 16.9 Å². The minimum absolute atomic E-state index is 0.0162. The Kier molecular flexibility index (Phi) is 5.61. The van der Waals surface area contributed by atoms with Crippen LogP contribution in [0.15, 0.2) is 41.3 Å². The minimum atomic E-state index is -0.624. The van der Waals surface area contributed by atoms with Gasteiger partial charge in [0.15, 0.2) is 0 Å². The largest absolute Gasteiger partial charge is 0.507 e. The van der Waals surface area contributed by atoms with Crippen molar-refractivity contribution < 1.29 is 15.1 Å². The summed E-state index contributed by atoms with van der Waals surface area (Å²) in [5.74, 6) is 0.684. The molecular weight excluding hydrogens is 342 g/mol. The highest BCUT2D eigenvalue weighted by atomic mass is 16.5. The van der Waals surface area contributed by atoms with E-state index in [0.29, 0.717) is 22.1 Å². The number of hydrogen-bond donors (Lipinski definition) is 2. The van der Waals surface area contributed by atoms with Crippen LogP contribution in [0.25, 0.3) is 11.1 Å². The van der Waals surface area contributed by atoms with Crippen LogP contribution in [0.3, 0.4) is 0 Å². The van der Waals surface area contributed by atoms with Crippen molar-refractivity contribution in [3.63, 3.8) is 0 Å². The number of aromatic hydroxyl groups is 1. The average molecular weight is 371 g/mol. The fourth-order valence-electron chi connectivity index (χ4n) is 4.26. The first-order chi connectivity index (χ1) is 12.8. The first-order valence-electron chi connectivity index (χ1n) is 9.73. The average Bonchev–Trinajstić information content (AvgIpc) is 2.66. The van der Waals surface area contributed by atoms with Crippen LogP contribution in [0, 0.1) is 17.8 Å². The van der Waals surface area contributed by atoms with E-state index in [9.17, 15) is 15.1 Å². The highest BCUT2D eigenvalue weighted by Crippen LogP contribution is 2.44. The van der Waals surface area contributed by atoms with Gasteiger partial charge in [-0.2, -0.15) is 4.73 Å². The van der Waals surface area contributed by atoms with Gasteiger partial charge in [0.2, 0.25) is 0 Å². The standard InChI is InChI=1S/C22H29NO4/c1-5-13(2)20-14(3)11-15(4)21(27-20)18-19(24)17(12-23(26)22(18)25)16-9-7-6-8-10-16/h6-10,12-15,20-21,24,26H,5,11H2,1-4H3/t13-,14-,15-,20-,21-/m0/s1. The molecule has 2 aromatic rings. The van der Waals surface area contributed by atoms with E-state index in [0.717, 1.165) is 18.4 Å². The molecule has 5 heteroatoms. The van der Waals surface area contributed by atoms with Gasteiger partial charge in [0, 0.05) is 5.56 Å². The first-order valence-corrected chi connectivity index (χ1v) is 9.73. The van der Waals surface area contributed by atoms with Crippen LogP contribution < -0.4 is 5.56 Å². The molecule has 2 heterocycles. The number of ether oxygens (including phenoxy) is 1. The van der Waals surface area contributed by atoms with Crippen LogP contribution >= 0.6 is 0 Å². The van der Waals surface area contributed by atoms with Crippen molar-refractivity contribution in [1.82, 2.24) is 4.73 Å². The number of hydrogen-bond acceptors (Lipinski definition) is 4. The summed E-state index contributed by atoms with van der Waals surface area (Å²) in [6.45, 7) is 8.48. The molecule has 2 N–H and O–H groups in total. The molecule has 1 aromatic carbocycles. The van der Waals surface area contributed by atoms with Gasteiger partial charge >= 0.3 is 0 Å². The predicted octanol–water partition coefficient (Wildman–Crippen LogP) is 4.61. The Morgan fingerprint density at radius 1 is 1.22 bits per heavy atom. The monoisotopic (exact) mass is 371 g/mol. The Morgan fingerprint density at radius 3 is 2.52 bits per heavy atom. The lowest BCUT2D eigenvalue weighted by Crippen LogP contribution is -2.40. The highest BCUT2D eigenvalue weighted by molar-refractivity contribution is 5.70. The summed E-state index contributed by atoms with van der Waals surface area (Å²) in [6.07, 6.45) is 2.62. The molecule has 3 rings (SSSR count). The molecular formula is C22H29NO4. The highest BCUT2D eigenvalue weighted by Gasteiger charge is 2.39. The molecule has 1 aliphatic heterocycles. The molecule has 5 nitrogen and oxygen atoms in total. The Bertz CT molecular complexity index is 845.